The Morgan fingerprint density at radius 3 is 2.47 bits per heavy atom. The van der Waals surface area contributed by atoms with E-state index in [0.29, 0.717) is 49.6 Å². The van der Waals surface area contributed by atoms with E-state index >= 15 is 0 Å². The highest BCUT2D eigenvalue weighted by Gasteiger charge is 2.17. The van der Waals surface area contributed by atoms with Crippen molar-refractivity contribution in [2.24, 2.45) is 0 Å². The molecular formula is C35H29N5O7S2. The first-order valence-corrected chi connectivity index (χ1v) is 16.4. The van der Waals surface area contributed by atoms with Gasteiger partial charge in [-0.05, 0) is 54.6 Å². The zero-order valence-electron chi connectivity index (χ0n) is 26.2. The van der Waals surface area contributed by atoms with Crippen LogP contribution in [-0.4, -0.2) is 47.6 Å². The Kier molecular flexibility index (Phi) is 11.4. The molecule has 49 heavy (non-hydrogen) atoms. The van der Waals surface area contributed by atoms with Crippen LogP contribution < -0.4 is 25.4 Å². The predicted octanol–water partition coefficient (Wildman–Crippen LogP) is 6.88. The van der Waals surface area contributed by atoms with Gasteiger partial charge in [0.2, 0.25) is 5.91 Å². The molecule has 0 saturated carbocycles. The van der Waals surface area contributed by atoms with Crippen molar-refractivity contribution in [1.82, 2.24) is 10.3 Å². The van der Waals surface area contributed by atoms with Crippen LogP contribution in [-0.2, 0) is 9.59 Å². The molecule has 0 radical (unpaired) electrons. The normalized spacial score (nSPS) is 10.9. The van der Waals surface area contributed by atoms with E-state index in [1.807, 2.05) is 0 Å². The minimum Gasteiger partial charge on any atom is -0.497 e. The summed E-state index contributed by atoms with van der Waals surface area (Å²) in [7, 11) is 3.02. The average Bonchev–Trinajstić information content (AvgIpc) is 3.59. The molecule has 0 aliphatic heterocycles. The van der Waals surface area contributed by atoms with Gasteiger partial charge in [-0.25, -0.2) is 4.98 Å². The first kappa shape index (κ1) is 34.3. The molecule has 0 spiro atoms. The minimum atomic E-state index is -0.586. The van der Waals surface area contributed by atoms with Gasteiger partial charge in [0, 0.05) is 44.8 Å². The molecular weight excluding hydrogens is 667 g/mol. The lowest BCUT2D eigenvalue weighted by atomic mass is 10.1. The maximum absolute atomic E-state index is 13.6. The van der Waals surface area contributed by atoms with Crippen LogP contribution in [0.4, 0.5) is 16.5 Å². The van der Waals surface area contributed by atoms with E-state index in [4.69, 9.17) is 9.47 Å². The summed E-state index contributed by atoms with van der Waals surface area (Å²) in [5.41, 5.74) is 2.31. The van der Waals surface area contributed by atoms with Gasteiger partial charge in [0.05, 0.1) is 30.6 Å². The summed E-state index contributed by atoms with van der Waals surface area (Å²) in [5.74, 6) is -0.311. The Balaban J connectivity index is 1.26. The summed E-state index contributed by atoms with van der Waals surface area (Å²) in [6.07, 6.45) is 1.50. The number of nitro groups is 1. The van der Waals surface area contributed by atoms with Crippen molar-refractivity contribution in [2.75, 3.05) is 30.6 Å². The van der Waals surface area contributed by atoms with Crippen molar-refractivity contribution in [1.29, 1.82) is 0 Å². The summed E-state index contributed by atoms with van der Waals surface area (Å²) in [4.78, 5) is 55.1. The number of hydrogen-bond donors (Lipinski definition) is 3. The third-order valence-corrected chi connectivity index (χ3v) is 8.58. The van der Waals surface area contributed by atoms with Crippen LogP contribution >= 0.6 is 23.1 Å². The fourth-order valence-electron chi connectivity index (χ4n) is 4.46. The molecule has 0 atom stereocenters. The Bertz CT molecular complexity index is 2030. The van der Waals surface area contributed by atoms with Gasteiger partial charge in [-0.15, -0.1) is 23.1 Å². The SMILES string of the molecule is COc1ccc(OC)c(/C=C(/NC(=O)c2ccccc2)C(=O)Nc2cccc(SCC(=O)Nc3nc(-c4cccc([N+](=O)[O-])c4)cs3)c2)c1. The third kappa shape index (κ3) is 9.31. The molecule has 1 heterocycles. The summed E-state index contributed by atoms with van der Waals surface area (Å²) in [6.45, 7) is 0. The number of carbonyl (C=O) groups is 3. The lowest BCUT2D eigenvalue weighted by Gasteiger charge is -2.13. The summed E-state index contributed by atoms with van der Waals surface area (Å²) in [5, 5.41) is 21.5. The lowest BCUT2D eigenvalue weighted by molar-refractivity contribution is -0.384. The minimum absolute atomic E-state index is 0.0363. The number of benzene rings is 4. The Morgan fingerprint density at radius 2 is 1.71 bits per heavy atom. The number of thioether (sulfide) groups is 1. The molecule has 3 amide bonds. The van der Waals surface area contributed by atoms with Crippen LogP contribution in [0.1, 0.15) is 15.9 Å². The van der Waals surface area contributed by atoms with Crippen LogP contribution in [0, 0.1) is 10.1 Å². The van der Waals surface area contributed by atoms with Gasteiger partial charge < -0.3 is 25.4 Å². The number of methoxy groups -OCH3 is 2. The van der Waals surface area contributed by atoms with E-state index in [0.717, 1.165) is 0 Å². The fraction of sp³-hybridized carbons (Fsp3) is 0.0857. The number of ether oxygens (including phenoxy) is 2. The zero-order chi connectivity index (χ0) is 34.8. The number of hydrogen-bond acceptors (Lipinski definition) is 10. The number of non-ortho nitro benzene ring substituents is 1. The molecule has 5 aromatic rings. The maximum Gasteiger partial charge on any atom is 0.272 e. The first-order valence-electron chi connectivity index (χ1n) is 14.6. The molecule has 1 aromatic heterocycles. The summed E-state index contributed by atoms with van der Waals surface area (Å²) >= 11 is 2.46. The van der Waals surface area contributed by atoms with Gasteiger partial charge in [-0.3, -0.25) is 24.5 Å². The van der Waals surface area contributed by atoms with Crippen molar-refractivity contribution in [3.63, 3.8) is 0 Å². The molecule has 12 nitrogen and oxygen atoms in total. The van der Waals surface area contributed by atoms with Crippen molar-refractivity contribution in [3.05, 3.63) is 129 Å². The number of thiazole rings is 1. The highest BCUT2D eigenvalue weighted by molar-refractivity contribution is 8.00. The van der Waals surface area contributed by atoms with Crippen LogP contribution in [0.3, 0.4) is 0 Å². The standard InChI is InChI=1S/C35H29N5O7S2/c1-46-27-14-15-31(47-2)24(17-27)18-29(37-33(42)22-8-4-3-5-9-22)34(43)36-25-11-7-13-28(19-25)48-21-32(41)39-35-38-30(20-49-35)23-10-6-12-26(16-23)40(44)45/h3-20H,21H2,1-2H3,(H,36,43)(H,37,42)(H,38,39,41)/b29-18+. The van der Waals surface area contributed by atoms with Gasteiger partial charge in [-0.2, -0.15) is 0 Å². The van der Waals surface area contributed by atoms with E-state index < -0.39 is 16.7 Å². The smallest absolute Gasteiger partial charge is 0.272 e. The van der Waals surface area contributed by atoms with Gasteiger partial charge in [0.15, 0.2) is 5.13 Å². The molecule has 4 aromatic carbocycles. The average molecular weight is 696 g/mol. The Morgan fingerprint density at radius 1 is 0.918 bits per heavy atom. The second kappa shape index (κ2) is 16.2. The Labute approximate surface area is 289 Å². The van der Waals surface area contributed by atoms with Gasteiger partial charge >= 0.3 is 0 Å². The van der Waals surface area contributed by atoms with E-state index in [-0.39, 0.29) is 23.0 Å². The second-order valence-electron chi connectivity index (χ2n) is 10.2. The quantitative estimate of drug-likeness (QED) is 0.0516. The van der Waals surface area contributed by atoms with Crippen molar-refractivity contribution in [3.8, 4) is 22.8 Å². The largest absolute Gasteiger partial charge is 0.497 e. The monoisotopic (exact) mass is 695 g/mol. The summed E-state index contributed by atoms with van der Waals surface area (Å²) in [6, 6.07) is 26.6. The van der Waals surface area contributed by atoms with E-state index in [2.05, 4.69) is 20.9 Å². The number of anilines is 2. The van der Waals surface area contributed by atoms with E-state index in [1.54, 1.807) is 90.3 Å². The molecule has 248 valence electrons. The van der Waals surface area contributed by atoms with E-state index in [1.165, 1.54) is 55.5 Å². The third-order valence-electron chi connectivity index (χ3n) is 6.83. The second-order valence-corrected chi connectivity index (χ2v) is 12.1. The number of nitro benzene ring substituents is 1. The molecule has 0 bridgehead atoms. The zero-order valence-corrected chi connectivity index (χ0v) is 27.8. The van der Waals surface area contributed by atoms with E-state index in [9.17, 15) is 24.5 Å². The maximum atomic E-state index is 13.6. The number of rotatable bonds is 13. The van der Waals surface area contributed by atoms with Crippen molar-refractivity contribution < 1.29 is 28.8 Å². The van der Waals surface area contributed by atoms with Gasteiger partial charge in [0.25, 0.3) is 17.5 Å². The van der Waals surface area contributed by atoms with Gasteiger partial charge in [-0.1, -0.05) is 36.4 Å². The topological polar surface area (TPSA) is 162 Å². The van der Waals surface area contributed by atoms with Gasteiger partial charge in [0.1, 0.15) is 17.2 Å². The molecule has 0 aliphatic rings. The molecule has 3 N–H and O–H groups in total. The molecule has 14 heteroatoms. The predicted molar refractivity (Wildman–Crippen MR) is 190 cm³/mol. The molecule has 0 saturated heterocycles. The molecule has 0 aliphatic carbocycles. The number of nitrogens with one attached hydrogen (secondary N) is 3. The van der Waals surface area contributed by atoms with Crippen LogP contribution in [0.5, 0.6) is 11.5 Å². The molecule has 0 fully saturated rings. The lowest BCUT2D eigenvalue weighted by Crippen LogP contribution is -2.30. The highest BCUT2D eigenvalue weighted by Crippen LogP contribution is 2.29. The van der Waals surface area contributed by atoms with Crippen LogP contribution in [0.2, 0.25) is 0 Å². The number of aromatic nitrogens is 1. The number of amides is 3. The summed E-state index contributed by atoms with van der Waals surface area (Å²) < 4.78 is 10.8. The number of nitrogens with zero attached hydrogens (tertiary/aromatic N) is 2. The first-order chi connectivity index (χ1) is 23.7. The molecule has 0 unspecified atom stereocenters. The Hall–Kier alpha value is -5.99. The van der Waals surface area contributed by atoms with Crippen molar-refractivity contribution >= 4 is 63.4 Å². The van der Waals surface area contributed by atoms with Crippen LogP contribution in [0.15, 0.2) is 113 Å². The number of carbonyl (C=O) groups excluding carboxylic acids is 3. The highest BCUT2D eigenvalue weighted by atomic mass is 32.2. The van der Waals surface area contributed by atoms with Crippen LogP contribution in [0.25, 0.3) is 17.3 Å². The van der Waals surface area contributed by atoms with Crippen molar-refractivity contribution in [2.45, 2.75) is 4.90 Å². The fourth-order valence-corrected chi connectivity index (χ4v) is 5.95. The molecule has 5 rings (SSSR count).